The van der Waals surface area contributed by atoms with Gasteiger partial charge >= 0.3 is 0 Å². The van der Waals surface area contributed by atoms with Crippen LogP contribution < -0.4 is 9.64 Å². The maximum atomic E-state index is 13.3. The van der Waals surface area contributed by atoms with Gasteiger partial charge in [0.2, 0.25) is 5.91 Å². The summed E-state index contributed by atoms with van der Waals surface area (Å²) in [4.78, 5) is 15.1. The van der Waals surface area contributed by atoms with Crippen molar-refractivity contribution < 1.29 is 9.53 Å². The highest BCUT2D eigenvalue weighted by Gasteiger charge is 2.38. The summed E-state index contributed by atoms with van der Waals surface area (Å²) >= 11 is 6.56. The van der Waals surface area contributed by atoms with E-state index in [0.717, 1.165) is 28.1 Å². The molecule has 0 unspecified atom stereocenters. The molecule has 1 heterocycles. The summed E-state index contributed by atoms with van der Waals surface area (Å²) in [6, 6.07) is 15.3. The molecule has 0 saturated carbocycles. The van der Waals surface area contributed by atoms with E-state index in [1.165, 1.54) is 0 Å². The van der Waals surface area contributed by atoms with Crippen LogP contribution in [0.1, 0.15) is 44.2 Å². The molecule has 0 radical (unpaired) electrons. The van der Waals surface area contributed by atoms with Gasteiger partial charge in [0.1, 0.15) is 11.1 Å². The minimum Gasteiger partial charge on any atom is -0.494 e. The van der Waals surface area contributed by atoms with E-state index in [1.807, 2.05) is 69.3 Å². The standard InChI is InChI=1S/C22H24ClNO2/c1-5-26-17-11-12-19-18(13-17)15(2)14-22(3,4)24(19)21(25)20(23)16-9-7-6-8-10-16/h6-14,20H,5H2,1-4H3/t20-/m0/s1. The predicted octanol–water partition coefficient (Wildman–Crippen LogP) is 5.59. The Balaban J connectivity index is 2.05. The Kier molecular flexibility index (Phi) is 5.10. The number of fused-ring (bicyclic) bond motifs is 1. The van der Waals surface area contributed by atoms with Crippen LogP contribution in [0.3, 0.4) is 0 Å². The Morgan fingerprint density at radius 3 is 2.54 bits per heavy atom. The number of hydrogen-bond acceptors (Lipinski definition) is 2. The van der Waals surface area contributed by atoms with Gasteiger partial charge < -0.3 is 9.64 Å². The van der Waals surface area contributed by atoms with E-state index in [1.54, 1.807) is 4.90 Å². The van der Waals surface area contributed by atoms with Crippen molar-refractivity contribution in [2.45, 2.75) is 38.6 Å². The Morgan fingerprint density at radius 1 is 1.19 bits per heavy atom. The number of amides is 1. The van der Waals surface area contributed by atoms with Gasteiger partial charge in [-0.2, -0.15) is 0 Å². The third-order valence-electron chi connectivity index (χ3n) is 4.62. The maximum Gasteiger partial charge on any atom is 0.250 e. The molecular weight excluding hydrogens is 346 g/mol. The summed E-state index contributed by atoms with van der Waals surface area (Å²) in [5.74, 6) is 0.675. The van der Waals surface area contributed by atoms with Gasteiger partial charge in [-0.15, -0.1) is 11.6 Å². The zero-order chi connectivity index (χ0) is 18.9. The number of nitrogens with zero attached hydrogens (tertiary/aromatic N) is 1. The molecule has 0 aromatic heterocycles. The molecule has 0 aliphatic carbocycles. The molecule has 0 N–H and O–H groups in total. The Hall–Kier alpha value is -2.26. The minimum absolute atomic E-state index is 0.128. The van der Waals surface area contributed by atoms with Gasteiger partial charge in [-0.25, -0.2) is 0 Å². The fourth-order valence-electron chi connectivity index (χ4n) is 3.55. The summed E-state index contributed by atoms with van der Waals surface area (Å²) in [6.07, 6.45) is 2.11. The molecule has 1 atom stereocenters. The van der Waals surface area contributed by atoms with Crippen LogP contribution in [-0.2, 0) is 4.79 Å². The van der Waals surface area contributed by atoms with Crippen LogP contribution in [0.4, 0.5) is 5.69 Å². The van der Waals surface area contributed by atoms with Crippen LogP contribution in [0.2, 0.25) is 0 Å². The van der Waals surface area contributed by atoms with Crippen molar-refractivity contribution >= 4 is 28.8 Å². The first-order valence-corrected chi connectivity index (χ1v) is 9.28. The van der Waals surface area contributed by atoms with Crippen molar-refractivity contribution in [3.05, 3.63) is 65.7 Å². The van der Waals surface area contributed by atoms with E-state index >= 15 is 0 Å². The molecule has 0 spiro atoms. The number of rotatable bonds is 4. The number of carbonyl (C=O) groups is 1. The SMILES string of the molecule is CCOc1ccc2c(c1)C(C)=CC(C)(C)N2C(=O)[C@@H](Cl)c1ccccc1. The lowest BCUT2D eigenvalue weighted by Crippen LogP contribution is -2.50. The lowest BCUT2D eigenvalue weighted by atomic mass is 9.88. The van der Waals surface area contributed by atoms with Gasteiger partial charge in [-0.1, -0.05) is 36.4 Å². The van der Waals surface area contributed by atoms with Crippen LogP contribution in [0, 0.1) is 0 Å². The first-order valence-electron chi connectivity index (χ1n) is 8.85. The maximum absolute atomic E-state index is 13.3. The minimum atomic E-state index is -0.735. The van der Waals surface area contributed by atoms with Gasteiger partial charge in [0.25, 0.3) is 0 Å². The van der Waals surface area contributed by atoms with Crippen LogP contribution >= 0.6 is 11.6 Å². The lowest BCUT2D eigenvalue weighted by Gasteiger charge is -2.42. The number of benzene rings is 2. The van der Waals surface area contributed by atoms with Crippen LogP contribution in [0.25, 0.3) is 5.57 Å². The van der Waals surface area contributed by atoms with E-state index < -0.39 is 10.9 Å². The second-order valence-electron chi connectivity index (χ2n) is 7.04. The molecule has 2 aromatic rings. The predicted molar refractivity (Wildman–Crippen MR) is 108 cm³/mol. The largest absolute Gasteiger partial charge is 0.494 e. The highest BCUT2D eigenvalue weighted by molar-refractivity contribution is 6.33. The molecule has 136 valence electrons. The molecule has 3 rings (SSSR count). The number of anilines is 1. The van der Waals surface area contributed by atoms with Crippen molar-refractivity contribution in [1.29, 1.82) is 0 Å². The van der Waals surface area contributed by atoms with Gasteiger partial charge in [-0.3, -0.25) is 4.79 Å². The fraction of sp³-hybridized carbons (Fsp3) is 0.318. The first-order chi connectivity index (χ1) is 12.3. The molecule has 0 saturated heterocycles. The van der Waals surface area contributed by atoms with E-state index in [9.17, 15) is 4.79 Å². The fourth-order valence-corrected chi connectivity index (χ4v) is 3.79. The van der Waals surface area contributed by atoms with Crippen molar-refractivity contribution in [1.82, 2.24) is 0 Å². The van der Waals surface area contributed by atoms with E-state index in [4.69, 9.17) is 16.3 Å². The number of carbonyl (C=O) groups excluding carboxylic acids is 1. The van der Waals surface area contributed by atoms with Gasteiger partial charge in [0.05, 0.1) is 17.8 Å². The first kappa shape index (κ1) is 18.5. The molecule has 1 aliphatic heterocycles. The van der Waals surface area contributed by atoms with E-state index in [2.05, 4.69) is 13.0 Å². The quantitative estimate of drug-likeness (QED) is 0.657. The molecule has 0 bridgehead atoms. The molecule has 4 heteroatoms. The van der Waals surface area contributed by atoms with Gasteiger partial charge in [0, 0.05) is 5.56 Å². The number of halogens is 1. The molecular formula is C22H24ClNO2. The highest BCUT2D eigenvalue weighted by Crippen LogP contribution is 2.42. The number of allylic oxidation sites excluding steroid dienone is 1. The monoisotopic (exact) mass is 369 g/mol. The van der Waals surface area contributed by atoms with Crippen LogP contribution in [0.5, 0.6) is 5.75 Å². The zero-order valence-corrected chi connectivity index (χ0v) is 16.4. The Bertz CT molecular complexity index is 842. The lowest BCUT2D eigenvalue weighted by molar-refractivity contribution is -0.119. The third-order valence-corrected chi connectivity index (χ3v) is 5.06. The second kappa shape index (κ2) is 7.16. The summed E-state index contributed by atoms with van der Waals surface area (Å²) < 4.78 is 5.63. The van der Waals surface area contributed by atoms with Crippen molar-refractivity contribution in [2.24, 2.45) is 0 Å². The molecule has 1 aliphatic rings. The van der Waals surface area contributed by atoms with Crippen molar-refractivity contribution in [3.8, 4) is 5.75 Å². The van der Waals surface area contributed by atoms with Crippen LogP contribution in [0.15, 0.2) is 54.6 Å². The average molecular weight is 370 g/mol. The molecule has 0 fully saturated rings. The smallest absolute Gasteiger partial charge is 0.250 e. The third kappa shape index (κ3) is 3.36. The topological polar surface area (TPSA) is 29.5 Å². The summed E-state index contributed by atoms with van der Waals surface area (Å²) in [5, 5.41) is -0.735. The summed E-state index contributed by atoms with van der Waals surface area (Å²) in [7, 11) is 0. The number of hydrogen-bond donors (Lipinski definition) is 0. The molecule has 26 heavy (non-hydrogen) atoms. The van der Waals surface area contributed by atoms with Crippen molar-refractivity contribution in [3.63, 3.8) is 0 Å². The van der Waals surface area contributed by atoms with Crippen LogP contribution in [-0.4, -0.2) is 18.1 Å². The Labute approximate surface area is 160 Å². The summed E-state index contributed by atoms with van der Waals surface area (Å²) in [6.45, 7) is 8.69. The number of alkyl halides is 1. The molecule has 3 nitrogen and oxygen atoms in total. The van der Waals surface area contributed by atoms with E-state index in [0.29, 0.717) is 6.61 Å². The average Bonchev–Trinajstić information content (AvgIpc) is 2.61. The zero-order valence-electron chi connectivity index (χ0n) is 15.6. The molecule has 2 aromatic carbocycles. The second-order valence-corrected chi connectivity index (χ2v) is 7.48. The van der Waals surface area contributed by atoms with E-state index in [-0.39, 0.29) is 5.91 Å². The van der Waals surface area contributed by atoms with Gasteiger partial charge in [0.15, 0.2) is 0 Å². The summed E-state index contributed by atoms with van der Waals surface area (Å²) in [5.41, 5.74) is 3.32. The van der Waals surface area contributed by atoms with Gasteiger partial charge in [-0.05, 0) is 57.0 Å². The number of ether oxygens (including phenoxy) is 1. The highest BCUT2D eigenvalue weighted by atomic mass is 35.5. The van der Waals surface area contributed by atoms with Crippen molar-refractivity contribution in [2.75, 3.05) is 11.5 Å². The Morgan fingerprint density at radius 2 is 1.88 bits per heavy atom. The molecule has 1 amide bonds. The normalized spacial score (nSPS) is 16.5.